The predicted octanol–water partition coefficient (Wildman–Crippen LogP) is 3.49. The maximum Gasteiger partial charge on any atom is 0.269 e. The van der Waals surface area contributed by atoms with E-state index in [9.17, 15) is 18.5 Å². The Balaban J connectivity index is 1.61. The number of rotatable bonds is 4. The Morgan fingerprint density at radius 3 is 2.59 bits per heavy atom. The number of aryl methyl sites for hydroxylation is 2. The van der Waals surface area contributed by atoms with Crippen LogP contribution < -0.4 is 4.90 Å². The molecule has 2 aromatic carbocycles. The van der Waals surface area contributed by atoms with E-state index >= 15 is 0 Å². The molecule has 0 amide bonds. The van der Waals surface area contributed by atoms with E-state index in [-0.39, 0.29) is 29.3 Å². The van der Waals surface area contributed by atoms with Crippen molar-refractivity contribution in [2.75, 3.05) is 16.4 Å². The molecule has 2 atom stereocenters. The van der Waals surface area contributed by atoms with Crippen LogP contribution in [0.5, 0.6) is 0 Å². The quantitative estimate of drug-likeness (QED) is 0.543. The van der Waals surface area contributed by atoms with Crippen molar-refractivity contribution in [3.8, 4) is 0 Å². The Bertz CT molecular complexity index is 1100. The number of benzene rings is 2. The van der Waals surface area contributed by atoms with Crippen LogP contribution in [0, 0.1) is 24.0 Å². The summed E-state index contributed by atoms with van der Waals surface area (Å²) in [6, 6.07) is 12.2. The molecule has 2 heterocycles. The molecule has 1 saturated heterocycles. The topological polar surface area (TPSA) is 92.9 Å². The van der Waals surface area contributed by atoms with E-state index in [0.717, 1.165) is 27.5 Å². The highest BCUT2D eigenvalue weighted by Crippen LogP contribution is 2.37. The van der Waals surface area contributed by atoms with Crippen LogP contribution in [0.3, 0.4) is 0 Å². The van der Waals surface area contributed by atoms with Gasteiger partial charge in [0.15, 0.2) is 15.0 Å². The number of anilines is 1. The summed E-state index contributed by atoms with van der Waals surface area (Å²) in [4.78, 5) is 17.2. The average molecular weight is 432 g/mol. The van der Waals surface area contributed by atoms with Gasteiger partial charge in [0.1, 0.15) is 0 Å². The summed E-state index contributed by atoms with van der Waals surface area (Å²) in [5, 5.41) is 11.6. The van der Waals surface area contributed by atoms with E-state index < -0.39 is 14.8 Å². The van der Waals surface area contributed by atoms with Crippen LogP contribution in [0.4, 0.5) is 11.4 Å². The number of nitrogens with zero attached hydrogens (tertiary/aromatic N) is 3. The maximum absolute atomic E-state index is 12.2. The standard InChI is InChI=1S/C20H21N3O4S2/c1-13-3-4-14(2)18(9-13)22-19-12-29(26,27)11-17(19)21-20(22)28-10-15-5-7-16(8-6-15)23(24)25/h3-9,17,19H,10-12H2,1-2H3. The second kappa shape index (κ2) is 7.46. The Kier molecular flexibility index (Phi) is 5.12. The number of hydrogen-bond donors (Lipinski definition) is 0. The van der Waals surface area contributed by atoms with E-state index in [1.165, 1.54) is 23.9 Å². The van der Waals surface area contributed by atoms with Crippen LogP contribution >= 0.6 is 11.8 Å². The SMILES string of the molecule is Cc1ccc(C)c(N2C(SCc3ccc([N+](=O)[O-])cc3)=NC3CS(=O)(=O)CC32)c1. The monoisotopic (exact) mass is 431 g/mol. The second-order valence-corrected chi connectivity index (χ2v) is 10.6. The van der Waals surface area contributed by atoms with Gasteiger partial charge in [-0.05, 0) is 36.6 Å². The molecule has 0 aromatic heterocycles. The molecule has 2 aromatic rings. The predicted molar refractivity (Wildman–Crippen MR) is 116 cm³/mol. The van der Waals surface area contributed by atoms with E-state index in [1.54, 1.807) is 12.1 Å². The summed E-state index contributed by atoms with van der Waals surface area (Å²) in [7, 11) is -3.09. The summed E-state index contributed by atoms with van der Waals surface area (Å²) in [5.74, 6) is 0.793. The number of aliphatic imine (C=N–C) groups is 1. The largest absolute Gasteiger partial charge is 0.315 e. The number of hydrogen-bond acceptors (Lipinski definition) is 7. The van der Waals surface area contributed by atoms with E-state index in [0.29, 0.717) is 5.75 Å². The third kappa shape index (κ3) is 4.02. The van der Waals surface area contributed by atoms with Crippen molar-refractivity contribution in [2.24, 2.45) is 4.99 Å². The first-order chi connectivity index (χ1) is 13.7. The molecule has 2 aliphatic rings. The molecule has 1 fully saturated rings. The lowest BCUT2D eigenvalue weighted by molar-refractivity contribution is -0.384. The zero-order valence-corrected chi connectivity index (χ0v) is 17.7. The van der Waals surface area contributed by atoms with Gasteiger partial charge in [-0.2, -0.15) is 0 Å². The molecular formula is C20H21N3O4S2. The molecule has 7 nitrogen and oxygen atoms in total. The zero-order chi connectivity index (χ0) is 20.8. The van der Waals surface area contributed by atoms with Gasteiger partial charge in [0, 0.05) is 23.6 Å². The number of fused-ring (bicyclic) bond motifs is 1. The van der Waals surface area contributed by atoms with Crippen molar-refractivity contribution < 1.29 is 13.3 Å². The van der Waals surface area contributed by atoms with Crippen LogP contribution in [-0.2, 0) is 15.6 Å². The molecule has 152 valence electrons. The minimum Gasteiger partial charge on any atom is -0.315 e. The highest BCUT2D eigenvalue weighted by molar-refractivity contribution is 8.13. The fourth-order valence-corrected chi connectivity index (χ4v) is 6.67. The Labute approximate surface area is 173 Å². The number of sulfone groups is 1. The van der Waals surface area contributed by atoms with Crippen LogP contribution in [-0.4, -0.2) is 42.1 Å². The van der Waals surface area contributed by atoms with Gasteiger partial charge in [0.25, 0.3) is 5.69 Å². The minimum atomic E-state index is -3.09. The molecule has 4 rings (SSSR count). The smallest absolute Gasteiger partial charge is 0.269 e. The van der Waals surface area contributed by atoms with Gasteiger partial charge in [0.05, 0.1) is 28.5 Å². The highest BCUT2D eigenvalue weighted by Gasteiger charge is 2.47. The normalized spacial score (nSPS) is 22.4. The molecular weight excluding hydrogens is 410 g/mol. The van der Waals surface area contributed by atoms with Crippen LogP contribution in [0.2, 0.25) is 0 Å². The van der Waals surface area contributed by atoms with Gasteiger partial charge in [-0.3, -0.25) is 15.1 Å². The first-order valence-corrected chi connectivity index (χ1v) is 12.0. The molecule has 0 N–H and O–H groups in total. The summed E-state index contributed by atoms with van der Waals surface area (Å²) < 4.78 is 24.4. The van der Waals surface area contributed by atoms with Crippen LogP contribution in [0.1, 0.15) is 16.7 Å². The lowest BCUT2D eigenvalue weighted by Gasteiger charge is -2.28. The summed E-state index contributed by atoms with van der Waals surface area (Å²) in [5.41, 5.74) is 4.19. The van der Waals surface area contributed by atoms with Crippen molar-refractivity contribution in [1.29, 1.82) is 0 Å². The molecule has 0 radical (unpaired) electrons. The molecule has 0 saturated carbocycles. The van der Waals surface area contributed by atoms with Crippen molar-refractivity contribution in [1.82, 2.24) is 0 Å². The number of thioether (sulfide) groups is 1. The van der Waals surface area contributed by atoms with Crippen molar-refractivity contribution in [3.63, 3.8) is 0 Å². The fourth-order valence-electron chi connectivity index (χ4n) is 3.76. The van der Waals surface area contributed by atoms with Crippen molar-refractivity contribution in [3.05, 3.63) is 69.3 Å². The van der Waals surface area contributed by atoms with Gasteiger partial charge >= 0.3 is 0 Å². The average Bonchev–Trinajstić information content (AvgIpc) is 3.13. The van der Waals surface area contributed by atoms with Gasteiger partial charge in [0.2, 0.25) is 0 Å². The second-order valence-electron chi connectivity index (χ2n) is 7.50. The molecule has 0 spiro atoms. The van der Waals surface area contributed by atoms with E-state index in [2.05, 4.69) is 11.0 Å². The third-order valence-electron chi connectivity index (χ3n) is 5.25. The molecule has 0 aliphatic carbocycles. The van der Waals surface area contributed by atoms with E-state index in [4.69, 9.17) is 4.99 Å². The van der Waals surface area contributed by atoms with Gasteiger partial charge in [-0.15, -0.1) is 0 Å². The van der Waals surface area contributed by atoms with Crippen molar-refractivity contribution >= 4 is 38.1 Å². The number of nitro groups is 1. The first-order valence-electron chi connectivity index (χ1n) is 9.24. The molecule has 2 unspecified atom stereocenters. The molecule has 0 bridgehead atoms. The lowest BCUT2D eigenvalue weighted by atomic mass is 10.1. The highest BCUT2D eigenvalue weighted by atomic mass is 32.2. The molecule has 29 heavy (non-hydrogen) atoms. The van der Waals surface area contributed by atoms with Gasteiger partial charge < -0.3 is 4.90 Å². The zero-order valence-electron chi connectivity index (χ0n) is 16.1. The van der Waals surface area contributed by atoms with E-state index in [1.807, 2.05) is 26.0 Å². The summed E-state index contributed by atoms with van der Waals surface area (Å²) in [6.07, 6.45) is 0. The Morgan fingerprint density at radius 2 is 1.90 bits per heavy atom. The number of nitro benzene ring substituents is 1. The lowest BCUT2D eigenvalue weighted by Crippen LogP contribution is -2.39. The number of non-ortho nitro benzene ring substituents is 1. The van der Waals surface area contributed by atoms with Crippen molar-refractivity contribution in [2.45, 2.75) is 31.7 Å². The minimum absolute atomic E-state index is 0.0636. The first kappa shape index (κ1) is 19.9. The molecule has 9 heteroatoms. The van der Waals surface area contributed by atoms with Crippen LogP contribution in [0.25, 0.3) is 0 Å². The fraction of sp³-hybridized carbons (Fsp3) is 0.350. The van der Waals surface area contributed by atoms with Gasteiger partial charge in [-0.25, -0.2) is 8.42 Å². The summed E-state index contributed by atoms with van der Waals surface area (Å²) in [6.45, 7) is 4.03. The number of amidine groups is 1. The Morgan fingerprint density at radius 1 is 1.17 bits per heavy atom. The molecule has 2 aliphatic heterocycles. The summed E-state index contributed by atoms with van der Waals surface area (Å²) >= 11 is 1.54. The maximum atomic E-state index is 12.2. The van der Waals surface area contributed by atoms with Crippen LogP contribution in [0.15, 0.2) is 47.5 Å². The third-order valence-corrected chi connectivity index (χ3v) is 7.98. The van der Waals surface area contributed by atoms with Gasteiger partial charge in [-0.1, -0.05) is 36.0 Å². The Hall–Kier alpha value is -2.39.